The molecule has 3 N–H and O–H groups in total. The minimum atomic E-state index is -0.854. The summed E-state index contributed by atoms with van der Waals surface area (Å²) in [5.74, 6) is -0.287. The lowest BCUT2D eigenvalue weighted by Crippen LogP contribution is -2.25. The van der Waals surface area contributed by atoms with Crippen molar-refractivity contribution in [2.45, 2.75) is 135 Å². The van der Waals surface area contributed by atoms with Gasteiger partial charge in [-0.15, -0.1) is 0 Å². The maximum absolute atomic E-state index is 11.8. The number of carbonyl (C=O) groups excluding carboxylic acids is 1. The van der Waals surface area contributed by atoms with Crippen LogP contribution in [0.4, 0.5) is 0 Å². The lowest BCUT2D eigenvalue weighted by molar-refractivity contribution is -0.143. The van der Waals surface area contributed by atoms with E-state index in [1.165, 1.54) is 25.7 Å². The van der Waals surface area contributed by atoms with E-state index in [4.69, 9.17) is 4.74 Å². The molecule has 1 unspecified atom stereocenters. The van der Waals surface area contributed by atoms with Crippen molar-refractivity contribution in [2.24, 2.45) is 11.8 Å². The molecule has 0 heterocycles. The molecule has 5 nitrogen and oxygen atoms in total. The highest BCUT2D eigenvalue weighted by Gasteiger charge is 2.39. The maximum Gasteiger partial charge on any atom is 0.305 e. The number of unbranched alkanes of at least 4 members (excludes halogenated alkanes) is 7. The zero-order valence-electron chi connectivity index (χ0n) is 23.2. The van der Waals surface area contributed by atoms with Crippen LogP contribution in [0.15, 0.2) is 36.5 Å². The highest BCUT2D eigenvalue weighted by atomic mass is 16.5. The highest BCUT2D eigenvalue weighted by molar-refractivity contribution is 5.69. The molecule has 36 heavy (non-hydrogen) atoms. The third kappa shape index (κ3) is 13.8. The van der Waals surface area contributed by atoms with E-state index in [2.05, 4.69) is 26.0 Å². The van der Waals surface area contributed by atoms with Gasteiger partial charge in [-0.2, -0.15) is 0 Å². The van der Waals surface area contributed by atoms with Crippen molar-refractivity contribution in [3.05, 3.63) is 36.5 Å². The van der Waals surface area contributed by atoms with Crippen LogP contribution in [0.2, 0.25) is 0 Å². The molecule has 0 saturated heterocycles. The number of ether oxygens (including phenoxy) is 1. The second-order valence-electron chi connectivity index (χ2n) is 10.5. The van der Waals surface area contributed by atoms with Crippen molar-refractivity contribution in [3.8, 4) is 0 Å². The number of esters is 1. The third-order valence-corrected chi connectivity index (χ3v) is 7.27. The summed E-state index contributed by atoms with van der Waals surface area (Å²) in [4.78, 5) is 11.8. The monoisotopic (exact) mass is 506 g/mol. The van der Waals surface area contributed by atoms with Crippen molar-refractivity contribution < 1.29 is 24.9 Å². The fourth-order valence-corrected chi connectivity index (χ4v) is 5.08. The Morgan fingerprint density at radius 1 is 0.944 bits per heavy atom. The molecule has 0 aromatic heterocycles. The highest BCUT2D eigenvalue weighted by Crippen LogP contribution is 2.36. The van der Waals surface area contributed by atoms with Crippen LogP contribution < -0.4 is 0 Å². The number of aliphatic hydroxyl groups is 3. The van der Waals surface area contributed by atoms with Gasteiger partial charge in [0, 0.05) is 18.8 Å². The first-order valence-electron chi connectivity index (χ1n) is 14.6. The number of hydrogen-bond donors (Lipinski definition) is 3. The molecule has 1 aliphatic carbocycles. The Balaban J connectivity index is 2.45. The van der Waals surface area contributed by atoms with E-state index < -0.39 is 17.8 Å². The van der Waals surface area contributed by atoms with E-state index in [-0.39, 0.29) is 17.8 Å². The smallest absolute Gasteiger partial charge is 0.305 e. The van der Waals surface area contributed by atoms with Gasteiger partial charge in [0.1, 0.15) is 0 Å². The fourth-order valence-electron chi connectivity index (χ4n) is 5.08. The quantitative estimate of drug-likeness (QED) is 0.0959. The summed E-state index contributed by atoms with van der Waals surface area (Å²) in [5, 5.41) is 32.0. The predicted octanol–water partition coefficient (Wildman–Crippen LogP) is 6.81. The lowest BCUT2D eigenvalue weighted by atomic mass is 9.87. The Morgan fingerprint density at radius 2 is 1.67 bits per heavy atom. The summed E-state index contributed by atoms with van der Waals surface area (Å²) < 4.78 is 5.27. The molecule has 1 saturated carbocycles. The van der Waals surface area contributed by atoms with Crippen LogP contribution in [0, 0.1) is 11.8 Å². The second-order valence-corrected chi connectivity index (χ2v) is 10.5. The first-order valence-corrected chi connectivity index (χ1v) is 14.6. The second kappa shape index (κ2) is 19.7. The van der Waals surface area contributed by atoms with Gasteiger partial charge in [-0.1, -0.05) is 95.2 Å². The molecular formula is C31H54O5. The standard InChI is InChI=1S/C31H54O5/c1-4-7-9-15-22-31(35,21-6-3)23-17-19-27-26(28(32)25-29(27)33)18-13-11-12-14-20-30(34)36-24-16-10-8-5-2/h6,11,13,17,19,21,26-29,32-33,35H,4-5,7-10,12,14-16,18,20,22-25H2,1-3H3/b13-11-,19-17+,21-6?/t26-,27-,28+,29-,31?/m1/s1. The van der Waals surface area contributed by atoms with Crippen LogP contribution in [0.25, 0.3) is 0 Å². The molecule has 0 spiro atoms. The molecule has 1 rings (SSSR count). The molecule has 5 heteroatoms. The van der Waals surface area contributed by atoms with Crippen LogP contribution in [-0.4, -0.2) is 45.7 Å². The van der Waals surface area contributed by atoms with Crippen molar-refractivity contribution in [3.63, 3.8) is 0 Å². The first kappa shape index (κ1) is 32.6. The summed E-state index contributed by atoms with van der Waals surface area (Å²) in [7, 11) is 0. The molecular weight excluding hydrogens is 452 g/mol. The van der Waals surface area contributed by atoms with Crippen LogP contribution in [-0.2, 0) is 9.53 Å². The van der Waals surface area contributed by atoms with Crippen molar-refractivity contribution in [1.82, 2.24) is 0 Å². The molecule has 1 aliphatic rings. The van der Waals surface area contributed by atoms with Gasteiger partial charge in [-0.25, -0.2) is 0 Å². The third-order valence-electron chi connectivity index (χ3n) is 7.27. The Hall–Kier alpha value is -1.43. The largest absolute Gasteiger partial charge is 0.466 e. The number of allylic oxidation sites excluding steroid dienone is 3. The molecule has 0 aromatic rings. The summed E-state index contributed by atoms with van der Waals surface area (Å²) in [6.45, 7) is 6.80. The van der Waals surface area contributed by atoms with Gasteiger partial charge in [-0.05, 0) is 51.4 Å². The Labute approximate surface area is 220 Å². The van der Waals surface area contributed by atoms with Crippen LogP contribution in [0.3, 0.4) is 0 Å². The molecule has 0 amide bonds. The van der Waals surface area contributed by atoms with Crippen LogP contribution >= 0.6 is 0 Å². The summed E-state index contributed by atoms with van der Waals surface area (Å²) >= 11 is 0. The van der Waals surface area contributed by atoms with Crippen molar-refractivity contribution in [2.75, 3.05) is 6.61 Å². The number of carbonyl (C=O) groups is 1. The van der Waals surface area contributed by atoms with Gasteiger partial charge in [-0.3, -0.25) is 4.79 Å². The molecule has 0 bridgehead atoms. The van der Waals surface area contributed by atoms with Crippen molar-refractivity contribution >= 4 is 5.97 Å². The lowest BCUT2D eigenvalue weighted by Gasteiger charge is -2.24. The molecule has 208 valence electrons. The Morgan fingerprint density at radius 3 is 2.36 bits per heavy atom. The van der Waals surface area contributed by atoms with E-state index in [1.54, 1.807) is 0 Å². The summed E-state index contributed by atoms with van der Waals surface area (Å²) in [6.07, 6.45) is 24.0. The summed E-state index contributed by atoms with van der Waals surface area (Å²) in [6, 6.07) is 0. The van der Waals surface area contributed by atoms with Gasteiger partial charge in [0.25, 0.3) is 0 Å². The van der Waals surface area contributed by atoms with Crippen molar-refractivity contribution in [1.29, 1.82) is 0 Å². The first-order chi connectivity index (χ1) is 17.4. The van der Waals surface area contributed by atoms with E-state index in [1.807, 2.05) is 31.2 Å². The zero-order chi connectivity index (χ0) is 26.7. The van der Waals surface area contributed by atoms with E-state index in [0.29, 0.717) is 32.3 Å². The van der Waals surface area contributed by atoms with Gasteiger partial charge < -0.3 is 20.1 Å². The normalized spacial score (nSPS) is 24.3. The maximum atomic E-state index is 11.8. The molecule has 0 aromatic carbocycles. The van der Waals surface area contributed by atoms with Gasteiger partial charge in [0.15, 0.2) is 0 Å². The van der Waals surface area contributed by atoms with E-state index >= 15 is 0 Å². The molecule has 1 fully saturated rings. The SMILES string of the molecule is CC=CC(O)(C/C=C/[C@@H]1[C@@H](C/C=C\CCCC(=O)OCCCCCC)[C@@H](O)C[C@H]1O)CCCCCC. The van der Waals surface area contributed by atoms with E-state index in [9.17, 15) is 20.1 Å². The average Bonchev–Trinajstić information content (AvgIpc) is 3.11. The minimum absolute atomic E-state index is 0.0417. The fraction of sp³-hybridized carbons (Fsp3) is 0.774. The van der Waals surface area contributed by atoms with Gasteiger partial charge >= 0.3 is 5.97 Å². The summed E-state index contributed by atoms with van der Waals surface area (Å²) in [5.41, 5.74) is -0.854. The van der Waals surface area contributed by atoms with Crippen LogP contribution in [0.5, 0.6) is 0 Å². The average molecular weight is 507 g/mol. The number of hydrogen-bond acceptors (Lipinski definition) is 5. The van der Waals surface area contributed by atoms with Gasteiger partial charge in [0.05, 0.1) is 24.4 Å². The predicted molar refractivity (Wildman–Crippen MR) is 149 cm³/mol. The minimum Gasteiger partial charge on any atom is -0.466 e. The zero-order valence-corrected chi connectivity index (χ0v) is 23.2. The van der Waals surface area contributed by atoms with Gasteiger partial charge in [0.2, 0.25) is 0 Å². The molecule has 0 aliphatic heterocycles. The molecule has 5 atom stereocenters. The number of rotatable bonds is 20. The topological polar surface area (TPSA) is 87.0 Å². The Kier molecular flexibility index (Phi) is 17.8. The Bertz CT molecular complexity index is 655. The number of aliphatic hydroxyl groups excluding tert-OH is 2. The van der Waals surface area contributed by atoms with E-state index in [0.717, 1.165) is 44.9 Å². The molecule has 0 radical (unpaired) electrons. The van der Waals surface area contributed by atoms with Crippen LogP contribution in [0.1, 0.15) is 117 Å².